The molecule has 3 rings (SSSR count). The van der Waals surface area contributed by atoms with Crippen LogP contribution in [-0.2, 0) is 4.74 Å². The van der Waals surface area contributed by atoms with Crippen LogP contribution in [0.1, 0.15) is 20.9 Å². The van der Waals surface area contributed by atoms with Gasteiger partial charge in [-0.3, -0.25) is 4.79 Å². The number of rotatable bonds is 4. The molecule has 0 fully saturated rings. The number of hydrogen-bond acceptors (Lipinski definition) is 5. The van der Waals surface area contributed by atoms with E-state index in [9.17, 15) is 9.59 Å². The summed E-state index contributed by atoms with van der Waals surface area (Å²) in [7, 11) is 0. The van der Waals surface area contributed by atoms with E-state index in [1.807, 2.05) is 12.1 Å². The molecule has 5 nitrogen and oxygen atoms in total. The molecule has 0 radical (unpaired) electrons. The number of nitrogens with zero attached hydrogens (tertiary/aromatic N) is 1. The predicted molar refractivity (Wildman–Crippen MR) is 85.1 cm³/mol. The fraction of sp³-hybridized carbons (Fsp3) is 0.0625. The van der Waals surface area contributed by atoms with Crippen LogP contribution in [-0.4, -0.2) is 23.3 Å². The number of para-hydroxylation sites is 1. The largest absolute Gasteiger partial charge is 0.454 e. The lowest BCUT2D eigenvalue weighted by Crippen LogP contribution is -2.14. The molecule has 116 valence electrons. The predicted octanol–water partition coefficient (Wildman–Crippen LogP) is 4.17. The number of halogens is 2. The number of fused-ring (bicyclic) bond motifs is 1. The summed E-state index contributed by atoms with van der Waals surface area (Å²) in [4.78, 5) is 27.6. The monoisotopic (exact) mass is 349 g/mol. The van der Waals surface area contributed by atoms with Gasteiger partial charge in [0.05, 0.1) is 10.6 Å². The molecule has 0 aliphatic heterocycles. The highest BCUT2D eigenvalue weighted by atomic mass is 35.5. The van der Waals surface area contributed by atoms with Crippen LogP contribution in [0.3, 0.4) is 0 Å². The van der Waals surface area contributed by atoms with Gasteiger partial charge in [-0.05, 0) is 18.2 Å². The van der Waals surface area contributed by atoms with Gasteiger partial charge in [0.2, 0.25) is 5.78 Å². The Bertz CT molecular complexity index is 871. The van der Waals surface area contributed by atoms with Gasteiger partial charge in [-0.1, -0.05) is 41.4 Å². The minimum Gasteiger partial charge on any atom is -0.454 e. The molecule has 1 aromatic carbocycles. The van der Waals surface area contributed by atoms with Crippen molar-refractivity contribution in [2.45, 2.75) is 0 Å². The van der Waals surface area contributed by atoms with Gasteiger partial charge in [0.1, 0.15) is 10.7 Å². The minimum atomic E-state index is -0.722. The van der Waals surface area contributed by atoms with Crippen LogP contribution in [0.5, 0.6) is 0 Å². The van der Waals surface area contributed by atoms with Gasteiger partial charge in [0.15, 0.2) is 12.4 Å². The highest BCUT2D eigenvalue weighted by Crippen LogP contribution is 2.21. The fourth-order valence-corrected chi connectivity index (χ4v) is 2.21. The topological polar surface area (TPSA) is 69.4 Å². The molecule has 0 aliphatic carbocycles. The lowest BCUT2D eigenvalue weighted by atomic mass is 10.2. The quantitative estimate of drug-likeness (QED) is 0.401. The molecular formula is C16H9Cl2NO4. The van der Waals surface area contributed by atoms with E-state index in [1.165, 1.54) is 12.3 Å². The third-order valence-electron chi connectivity index (χ3n) is 3.07. The van der Waals surface area contributed by atoms with Gasteiger partial charge in [0, 0.05) is 11.6 Å². The summed E-state index contributed by atoms with van der Waals surface area (Å²) < 4.78 is 10.4. The van der Waals surface area contributed by atoms with Crippen molar-refractivity contribution < 1.29 is 18.7 Å². The smallest absolute Gasteiger partial charge is 0.340 e. The van der Waals surface area contributed by atoms with Crippen LogP contribution in [0.15, 0.2) is 47.0 Å². The maximum atomic E-state index is 12.0. The summed E-state index contributed by atoms with van der Waals surface area (Å²) in [5.74, 6) is -1.03. The van der Waals surface area contributed by atoms with Crippen molar-refractivity contribution >= 4 is 45.9 Å². The molecule has 23 heavy (non-hydrogen) atoms. The summed E-state index contributed by atoms with van der Waals surface area (Å²) in [6.07, 6.45) is 1.22. The first-order valence-electron chi connectivity index (χ1n) is 6.54. The van der Waals surface area contributed by atoms with Crippen LogP contribution in [0.2, 0.25) is 10.2 Å². The summed E-state index contributed by atoms with van der Waals surface area (Å²) in [5, 5.41) is 1.02. The number of furan rings is 1. The molecule has 3 aromatic rings. The molecule has 0 saturated carbocycles. The van der Waals surface area contributed by atoms with Gasteiger partial charge >= 0.3 is 5.97 Å². The van der Waals surface area contributed by atoms with E-state index in [-0.39, 0.29) is 21.5 Å². The Kier molecular flexibility index (Phi) is 4.32. The fourth-order valence-electron chi connectivity index (χ4n) is 1.94. The number of carbonyl (C=O) groups excluding carboxylic acids is 2. The first-order valence-corrected chi connectivity index (χ1v) is 7.30. The molecule has 0 bridgehead atoms. The van der Waals surface area contributed by atoms with Gasteiger partial charge < -0.3 is 9.15 Å². The van der Waals surface area contributed by atoms with Gasteiger partial charge in [-0.2, -0.15) is 0 Å². The number of carbonyl (C=O) groups is 2. The highest BCUT2D eigenvalue weighted by Gasteiger charge is 2.16. The maximum absolute atomic E-state index is 12.0. The number of pyridine rings is 1. The Hall–Kier alpha value is -2.37. The number of hydrogen-bond donors (Lipinski definition) is 0. The molecule has 0 aliphatic rings. The van der Waals surface area contributed by atoms with E-state index in [0.29, 0.717) is 5.58 Å². The van der Waals surface area contributed by atoms with Crippen molar-refractivity contribution in [3.05, 3.63) is 64.1 Å². The first-order chi connectivity index (χ1) is 11.0. The Morgan fingerprint density at radius 1 is 1.17 bits per heavy atom. The van der Waals surface area contributed by atoms with Crippen LogP contribution < -0.4 is 0 Å². The average molecular weight is 350 g/mol. The lowest BCUT2D eigenvalue weighted by molar-refractivity contribution is 0.0468. The highest BCUT2D eigenvalue weighted by molar-refractivity contribution is 6.41. The standard InChI is InChI=1S/C16H9Cl2NO4/c17-11-5-10(7-19-15(11)18)16(21)22-8-12(20)14-6-9-3-1-2-4-13(9)23-14/h1-7H,8H2. The van der Waals surface area contributed by atoms with Gasteiger partial charge in [-0.15, -0.1) is 0 Å². The van der Waals surface area contributed by atoms with Crippen LogP contribution in [0.4, 0.5) is 0 Å². The molecule has 0 spiro atoms. The molecule has 0 atom stereocenters. The Labute approximate surface area is 140 Å². The lowest BCUT2D eigenvalue weighted by Gasteiger charge is -2.03. The summed E-state index contributed by atoms with van der Waals surface area (Å²) in [5.41, 5.74) is 0.702. The Morgan fingerprint density at radius 3 is 2.70 bits per heavy atom. The van der Waals surface area contributed by atoms with Crippen molar-refractivity contribution in [2.75, 3.05) is 6.61 Å². The Morgan fingerprint density at radius 2 is 1.96 bits per heavy atom. The van der Waals surface area contributed by atoms with Crippen molar-refractivity contribution in [1.29, 1.82) is 0 Å². The van der Waals surface area contributed by atoms with E-state index < -0.39 is 18.4 Å². The molecule has 0 N–H and O–H groups in total. The minimum absolute atomic E-state index is 0.0848. The van der Waals surface area contributed by atoms with E-state index in [4.69, 9.17) is 32.4 Å². The summed E-state index contributed by atoms with van der Waals surface area (Å²) in [6, 6.07) is 10.1. The summed E-state index contributed by atoms with van der Waals surface area (Å²) in [6.45, 7) is -0.446. The number of esters is 1. The molecule has 0 unspecified atom stereocenters. The molecule has 2 heterocycles. The first kappa shape index (κ1) is 15.5. The number of Topliss-reactive ketones (excluding diaryl/α,β-unsaturated/α-hetero) is 1. The van der Waals surface area contributed by atoms with Crippen molar-refractivity contribution in [1.82, 2.24) is 4.98 Å². The second-order valence-electron chi connectivity index (χ2n) is 4.64. The molecular weight excluding hydrogens is 341 g/mol. The normalized spacial score (nSPS) is 10.7. The SMILES string of the molecule is O=C(OCC(=O)c1cc2ccccc2o1)c1cnc(Cl)c(Cl)c1. The number of ether oxygens (including phenoxy) is 1. The van der Waals surface area contributed by atoms with E-state index in [1.54, 1.807) is 18.2 Å². The van der Waals surface area contributed by atoms with E-state index in [0.717, 1.165) is 5.39 Å². The van der Waals surface area contributed by atoms with E-state index in [2.05, 4.69) is 4.98 Å². The van der Waals surface area contributed by atoms with Crippen molar-refractivity contribution in [3.63, 3.8) is 0 Å². The molecule has 7 heteroatoms. The van der Waals surface area contributed by atoms with Crippen molar-refractivity contribution in [3.8, 4) is 0 Å². The average Bonchev–Trinajstić information content (AvgIpc) is 2.99. The summed E-state index contributed by atoms with van der Waals surface area (Å²) >= 11 is 11.4. The molecule has 0 saturated heterocycles. The van der Waals surface area contributed by atoms with Crippen LogP contribution in [0, 0.1) is 0 Å². The maximum Gasteiger partial charge on any atom is 0.340 e. The van der Waals surface area contributed by atoms with Crippen LogP contribution >= 0.6 is 23.2 Å². The third-order valence-corrected chi connectivity index (χ3v) is 3.75. The molecule has 0 amide bonds. The number of ketones is 1. The van der Waals surface area contributed by atoms with Crippen molar-refractivity contribution in [2.24, 2.45) is 0 Å². The zero-order valence-electron chi connectivity index (χ0n) is 11.6. The molecule has 2 aromatic heterocycles. The van der Waals surface area contributed by atoms with Crippen LogP contribution in [0.25, 0.3) is 11.0 Å². The van der Waals surface area contributed by atoms with Gasteiger partial charge in [0.25, 0.3) is 0 Å². The number of aromatic nitrogens is 1. The zero-order valence-corrected chi connectivity index (χ0v) is 13.1. The Balaban J connectivity index is 1.68. The number of benzene rings is 1. The zero-order chi connectivity index (χ0) is 16.4. The second-order valence-corrected chi connectivity index (χ2v) is 5.41. The van der Waals surface area contributed by atoms with E-state index >= 15 is 0 Å². The van der Waals surface area contributed by atoms with Gasteiger partial charge in [-0.25, -0.2) is 9.78 Å². The third kappa shape index (κ3) is 3.36. The second kappa shape index (κ2) is 6.40.